The molecule has 0 bridgehead atoms. The fraction of sp³-hybridized carbons (Fsp3) is 0.417. The first-order valence-corrected chi connectivity index (χ1v) is 7.44. The van der Waals surface area contributed by atoms with Crippen molar-refractivity contribution in [3.63, 3.8) is 0 Å². The van der Waals surface area contributed by atoms with E-state index in [1.54, 1.807) is 22.7 Å². The van der Waals surface area contributed by atoms with Gasteiger partial charge in [-0.2, -0.15) is 0 Å². The molecule has 0 spiro atoms. The Morgan fingerprint density at radius 3 is 3.12 bits per heavy atom. The molecule has 0 radical (unpaired) electrons. The molecule has 1 aliphatic rings. The summed E-state index contributed by atoms with van der Waals surface area (Å²) in [6.07, 6.45) is 1.04. The third-order valence-electron chi connectivity index (χ3n) is 3.26. The van der Waals surface area contributed by atoms with Crippen LogP contribution in [0.15, 0.2) is 17.5 Å². The Kier molecular flexibility index (Phi) is 2.90. The molecule has 3 rings (SSSR count). The van der Waals surface area contributed by atoms with E-state index in [9.17, 15) is 4.79 Å². The van der Waals surface area contributed by atoms with Gasteiger partial charge in [0.15, 0.2) is 0 Å². The van der Waals surface area contributed by atoms with Gasteiger partial charge in [0, 0.05) is 22.5 Å². The number of carbonyl (C=O) groups excluding carboxylic acids is 1. The van der Waals surface area contributed by atoms with Crippen LogP contribution in [0, 0.1) is 5.92 Å². The lowest BCUT2D eigenvalue weighted by atomic mass is 10.1. The molecule has 17 heavy (non-hydrogen) atoms. The van der Waals surface area contributed by atoms with Gasteiger partial charge in [0.05, 0.1) is 4.88 Å². The van der Waals surface area contributed by atoms with Crippen LogP contribution in [0.4, 0.5) is 0 Å². The summed E-state index contributed by atoms with van der Waals surface area (Å²) < 4.78 is 2.43. The van der Waals surface area contributed by atoms with Gasteiger partial charge < -0.3 is 10.6 Å². The topological polar surface area (TPSA) is 46.3 Å². The SMILES string of the molecule is NCC1CCN(C(=O)c2cc3sccc3s2)C1. The maximum atomic E-state index is 12.3. The van der Waals surface area contributed by atoms with E-state index in [4.69, 9.17) is 5.73 Å². The van der Waals surface area contributed by atoms with Crippen molar-refractivity contribution in [3.8, 4) is 0 Å². The smallest absolute Gasteiger partial charge is 0.264 e. The molecule has 2 aromatic rings. The molecule has 1 fully saturated rings. The van der Waals surface area contributed by atoms with E-state index in [0.29, 0.717) is 12.5 Å². The minimum Gasteiger partial charge on any atom is -0.338 e. The van der Waals surface area contributed by atoms with E-state index < -0.39 is 0 Å². The molecule has 3 heterocycles. The van der Waals surface area contributed by atoms with Gasteiger partial charge in [0.1, 0.15) is 0 Å². The Hall–Kier alpha value is -0.910. The van der Waals surface area contributed by atoms with Crippen molar-refractivity contribution < 1.29 is 4.79 Å². The van der Waals surface area contributed by atoms with E-state index in [0.717, 1.165) is 24.4 Å². The van der Waals surface area contributed by atoms with Gasteiger partial charge in [0.2, 0.25) is 0 Å². The maximum Gasteiger partial charge on any atom is 0.264 e. The normalized spacial score (nSPS) is 20.3. The van der Waals surface area contributed by atoms with Gasteiger partial charge in [-0.25, -0.2) is 0 Å². The summed E-state index contributed by atoms with van der Waals surface area (Å²) in [6.45, 7) is 2.36. The van der Waals surface area contributed by atoms with Gasteiger partial charge >= 0.3 is 0 Å². The molecule has 1 saturated heterocycles. The molecule has 1 amide bonds. The first-order valence-electron chi connectivity index (χ1n) is 5.74. The maximum absolute atomic E-state index is 12.3. The van der Waals surface area contributed by atoms with Crippen LogP contribution in [0.25, 0.3) is 9.40 Å². The first kappa shape index (κ1) is 11.2. The summed E-state index contributed by atoms with van der Waals surface area (Å²) >= 11 is 3.29. The molecule has 1 unspecified atom stereocenters. The molecule has 5 heteroatoms. The lowest BCUT2D eigenvalue weighted by Gasteiger charge is -2.14. The van der Waals surface area contributed by atoms with Gasteiger partial charge in [-0.05, 0) is 36.4 Å². The number of carbonyl (C=O) groups is 1. The third-order valence-corrected chi connectivity index (χ3v) is 5.34. The summed E-state index contributed by atoms with van der Waals surface area (Å²) in [5.74, 6) is 0.661. The average Bonchev–Trinajstić information content (AvgIpc) is 3.02. The Bertz CT molecular complexity index is 517. The van der Waals surface area contributed by atoms with Crippen molar-refractivity contribution in [3.05, 3.63) is 22.4 Å². The number of fused-ring (bicyclic) bond motifs is 1. The Labute approximate surface area is 108 Å². The number of nitrogens with two attached hydrogens (primary N) is 1. The number of thiophene rings is 2. The second-order valence-corrected chi connectivity index (χ2v) is 6.43. The summed E-state index contributed by atoms with van der Waals surface area (Å²) in [5, 5.41) is 2.07. The Morgan fingerprint density at radius 2 is 2.41 bits per heavy atom. The van der Waals surface area contributed by atoms with E-state index >= 15 is 0 Å². The zero-order chi connectivity index (χ0) is 11.8. The van der Waals surface area contributed by atoms with Crippen molar-refractivity contribution in [1.82, 2.24) is 4.90 Å². The molecule has 1 atom stereocenters. The molecular formula is C12H14N2OS2. The molecule has 2 N–H and O–H groups in total. The van der Waals surface area contributed by atoms with Crippen LogP contribution in [0.2, 0.25) is 0 Å². The monoisotopic (exact) mass is 266 g/mol. The highest BCUT2D eigenvalue weighted by atomic mass is 32.1. The van der Waals surface area contributed by atoms with Gasteiger partial charge in [-0.1, -0.05) is 0 Å². The predicted molar refractivity (Wildman–Crippen MR) is 72.8 cm³/mol. The largest absolute Gasteiger partial charge is 0.338 e. The minimum atomic E-state index is 0.175. The van der Waals surface area contributed by atoms with Crippen LogP contribution in [-0.4, -0.2) is 30.4 Å². The van der Waals surface area contributed by atoms with Crippen molar-refractivity contribution in [2.75, 3.05) is 19.6 Å². The number of hydrogen-bond donors (Lipinski definition) is 1. The molecule has 3 nitrogen and oxygen atoms in total. The quantitative estimate of drug-likeness (QED) is 0.907. The van der Waals surface area contributed by atoms with E-state index in [2.05, 4.69) is 11.4 Å². The highest BCUT2D eigenvalue weighted by molar-refractivity contribution is 7.27. The zero-order valence-corrected chi connectivity index (χ0v) is 11.0. The van der Waals surface area contributed by atoms with Crippen LogP contribution < -0.4 is 5.73 Å². The third kappa shape index (κ3) is 1.99. The Morgan fingerprint density at radius 1 is 1.53 bits per heavy atom. The van der Waals surface area contributed by atoms with Crippen LogP contribution >= 0.6 is 22.7 Å². The van der Waals surface area contributed by atoms with E-state index in [1.807, 2.05) is 11.0 Å². The molecular weight excluding hydrogens is 252 g/mol. The molecule has 90 valence electrons. The molecule has 1 aliphatic heterocycles. The number of nitrogens with zero attached hydrogens (tertiary/aromatic N) is 1. The second-order valence-electron chi connectivity index (χ2n) is 4.40. The second kappa shape index (κ2) is 4.40. The summed E-state index contributed by atoms with van der Waals surface area (Å²) in [6, 6.07) is 4.09. The van der Waals surface area contributed by atoms with Gasteiger partial charge in [-0.15, -0.1) is 22.7 Å². The lowest BCUT2D eigenvalue weighted by Crippen LogP contribution is -2.29. The number of likely N-dealkylation sites (tertiary alicyclic amines) is 1. The van der Waals surface area contributed by atoms with Crippen LogP contribution in [0.3, 0.4) is 0 Å². The summed E-state index contributed by atoms with van der Waals surface area (Å²) in [7, 11) is 0. The lowest BCUT2D eigenvalue weighted by molar-refractivity contribution is 0.0792. The molecule has 0 saturated carbocycles. The van der Waals surface area contributed by atoms with Crippen LogP contribution in [0.5, 0.6) is 0 Å². The molecule has 2 aromatic heterocycles. The first-order chi connectivity index (χ1) is 8.28. The fourth-order valence-corrected chi connectivity index (χ4v) is 4.31. The minimum absolute atomic E-state index is 0.175. The van der Waals surface area contributed by atoms with Crippen LogP contribution in [-0.2, 0) is 0 Å². The molecule has 0 aromatic carbocycles. The Balaban J connectivity index is 1.80. The average molecular weight is 266 g/mol. The van der Waals surface area contributed by atoms with E-state index in [1.165, 1.54) is 9.40 Å². The van der Waals surface area contributed by atoms with Gasteiger partial charge in [0.25, 0.3) is 5.91 Å². The summed E-state index contributed by atoms with van der Waals surface area (Å²) in [4.78, 5) is 15.1. The zero-order valence-electron chi connectivity index (χ0n) is 9.39. The van der Waals surface area contributed by atoms with Gasteiger partial charge in [-0.3, -0.25) is 4.79 Å². The van der Waals surface area contributed by atoms with Crippen molar-refractivity contribution in [2.45, 2.75) is 6.42 Å². The fourth-order valence-electron chi connectivity index (χ4n) is 2.24. The predicted octanol–water partition coefficient (Wildman–Crippen LogP) is 2.38. The standard InChI is InChI=1S/C12H14N2OS2/c13-6-8-1-3-14(7-8)12(15)11-5-10-9(17-11)2-4-16-10/h2,4-5,8H,1,3,6-7,13H2. The number of amides is 1. The van der Waals surface area contributed by atoms with Crippen molar-refractivity contribution >= 4 is 38.0 Å². The summed E-state index contributed by atoms with van der Waals surface area (Å²) in [5.41, 5.74) is 5.65. The van der Waals surface area contributed by atoms with Crippen LogP contribution in [0.1, 0.15) is 16.1 Å². The molecule has 0 aliphatic carbocycles. The number of rotatable bonds is 2. The van der Waals surface area contributed by atoms with Crippen molar-refractivity contribution in [1.29, 1.82) is 0 Å². The number of hydrogen-bond acceptors (Lipinski definition) is 4. The van der Waals surface area contributed by atoms with Crippen molar-refractivity contribution in [2.24, 2.45) is 11.7 Å². The highest BCUT2D eigenvalue weighted by Gasteiger charge is 2.26. The van der Waals surface area contributed by atoms with E-state index in [-0.39, 0.29) is 5.91 Å². The highest BCUT2D eigenvalue weighted by Crippen LogP contribution is 2.31.